The maximum Gasteiger partial charge on any atom is 0.328 e. The molecule has 0 aliphatic rings. The van der Waals surface area contributed by atoms with Gasteiger partial charge < -0.3 is 15.7 Å². The Labute approximate surface area is 108 Å². The number of nitriles is 1. The number of carbonyl (C=O) groups is 2. The van der Waals surface area contributed by atoms with Crippen LogP contribution >= 0.6 is 0 Å². The average molecular weight is 265 g/mol. The summed E-state index contributed by atoms with van der Waals surface area (Å²) in [5.41, 5.74) is 0.232. The molecule has 1 aromatic rings. The molecule has 0 heterocycles. The van der Waals surface area contributed by atoms with E-state index < -0.39 is 23.7 Å². The molecule has 0 aromatic heterocycles. The molecule has 0 spiro atoms. The number of carboxylic acids is 1. The Morgan fingerprint density at radius 3 is 2.68 bits per heavy atom. The molecular weight excluding hydrogens is 253 g/mol. The summed E-state index contributed by atoms with van der Waals surface area (Å²) in [6, 6.07) is 4.40. The van der Waals surface area contributed by atoms with Gasteiger partial charge in [0, 0.05) is 13.5 Å². The van der Waals surface area contributed by atoms with Gasteiger partial charge in [-0.05, 0) is 18.2 Å². The number of amides is 1. The number of carbonyl (C=O) groups excluding carboxylic acids is 1. The van der Waals surface area contributed by atoms with Crippen molar-refractivity contribution in [2.75, 3.05) is 11.9 Å². The van der Waals surface area contributed by atoms with E-state index in [2.05, 4.69) is 10.6 Å². The third kappa shape index (κ3) is 4.27. The number of halogens is 1. The van der Waals surface area contributed by atoms with E-state index in [1.54, 1.807) is 6.07 Å². The zero-order chi connectivity index (χ0) is 14.4. The maximum absolute atomic E-state index is 13.5. The molecule has 19 heavy (non-hydrogen) atoms. The Morgan fingerprint density at radius 2 is 2.21 bits per heavy atom. The molecule has 0 radical (unpaired) electrons. The van der Waals surface area contributed by atoms with Gasteiger partial charge in [-0.2, -0.15) is 5.26 Å². The highest BCUT2D eigenvalue weighted by Gasteiger charge is 2.18. The molecule has 0 bridgehead atoms. The molecule has 0 saturated heterocycles. The molecule has 1 atom stereocenters. The zero-order valence-electron chi connectivity index (χ0n) is 10.1. The van der Waals surface area contributed by atoms with Crippen molar-refractivity contribution in [3.63, 3.8) is 0 Å². The summed E-state index contributed by atoms with van der Waals surface area (Å²) in [5, 5.41) is 22.2. The topological polar surface area (TPSA) is 102 Å². The Kier molecular flexibility index (Phi) is 4.83. The number of aliphatic carboxylic acids is 1. The van der Waals surface area contributed by atoms with Gasteiger partial charge in [0.15, 0.2) is 0 Å². The fraction of sp³-hybridized carbons (Fsp3) is 0.250. The lowest BCUT2D eigenvalue weighted by atomic mass is 10.2. The van der Waals surface area contributed by atoms with Crippen LogP contribution in [-0.2, 0) is 9.59 Å². The third-order valence-electron chi connectivity index (χ3n) is 2.27. The lowest BCUT2D eigenvalue weighted by Gasteiger charge is -2.15. The molecule has 0 aliphatic carbocycles. The highest BCUT2D eigenvalue weighted by atomic mass is 19.1. The van der Waals surface area contributed by atoms with Gasteiger partial charge in [-0.1, -0.05) is 0 Å². The smallest absolute Gasteiger partial charge is 0.328 e. The van der Waals surface area contributed by atoms with Crippen LogP contribution in [0.5, 0.6) is 0 Å². The zero-order valence-corrected chi connectivity index (χ0v) is 10.1. The fourth-order valence-electron chi connectivity index (χ4n) is 1.39. The van der Waals surface area contributed by atoms with E-state index in [4.69, 9.17) is 10.4 Å². The van der Waals surface area contributed by atoms with Gasteiger partial charge in [0.2, 0.25) is 5.91 Å². The van der Waals surface area contributed by atoms with Gasteiger partial charge in [-0.15, -0.1) is 0 Å². The van der Waals surface area contributed by atoms with Crippen molar-refractivity contribution >= 4 is 17.6 Å². The van der Waals surface area contributed by atoms with Crippen molar-refractivity contribution < 1.29 is 19.1 Å². The molecule has 1 amide bonds. The number of benzene rings is 1. The number of hydrogen-bond acceptors (Lipinski definition) is 4. The van der Waals surface area contributed by atoms with Gasteiger partial charge in [0.1, 0.15) is 11.9 Å². The molecule has 0 aliphatic heterocycles. The Balaban J connectivity index is 2.72. The van der Waals surface area contributed by atoms with Gasteiger partial charge in [0.05, 0.1) is 17.3 Å². The molecule has 1 aromatic carbocycles. The van der Waals surface area contributed by atoms with Crippen molar-refractivity contribution in [3.8, 4) is 6.07 Å². The largest absolute Gasteiger partial charge is 0.480 e. The summed E-state index contributed by atoms with van der Waals surface area (Å²) in [4.78, 5) is 21.7. The van der Waals surface area contributed by atoms with Crippen LogP contribution in [0, 0.1) is 17.1 Å². The summed E-state index contributed by atoms with van der Waals surface area (Å²) < 4.78 is 13.5. The van der Waals surface area contributed by atoms with Crippen LogP contribution in [0.4, 0.5) is 10.1 Å². The lowest BCUT2D eigenvalue weighted by Crippen LogP contribution is -2.44. The molecule has 7 heteroatoms. The summed E-state index contributed by atoms with van der Waals surface area (Å²) in [6.07, 6.45) is 0. The van der Waals surface area contributed by atoms with Crippen LogP contribution in [0.2, 0.25) is 0 Å². The molecule has 1 unspecified atom stereocenters. The first-order chi connectivity index (χ1) is 8.93. The van der Waals surface area contributed by atoms with Crippen molar-refractivity contribution in [1.29, 1.82) is 5.26 Å². The average Bonchev–Trinajstić information content (AvgIpc) is 2.34. The molecule has 0 saturated carbocycles. The second-order valence-corrected chi connectivity index (χ2v) is 3.78. The second-order valence-electron chi connectivity index (χ2n) is 3.78. The Bertz CT molecular complexity index is 540. The van der Waals surface area contributed by atoms with Gasteiger partial charge >= 0.3 is 5.97 Å². The predicted octanol–water partition coefficient (Wildman–Crippen LogP) is 0.699. The van der Waals surface area contributed by atoms with Crippen LogP contribution in [0.15, 0.2) is 18.2 Å². The Hall–Kier alpha value is -2.62. The van der Waals surface area contributed by atoms with Gasteiger partial charge in [0.25, 0.3) is 0 Å². The standard InChI is InChI=1S/C12H12FN3O3/c1-7(17)16-11(12(18)19)6-15-10-3-2-8(5-14)4-9(10)13/h2-4,11,15H,6H2,1H3,(H,16,17)(H,18,19). The van der Waals surface area contributed by atoms with Crippen LogP contribution in [0.25, 0.3) is 0 Å². The first-order valence-corrected chi connectivity index (χ1v) is 5.37. The molecule has 0 fully saturated rings. The molecule has 6 nitrogen and oxygen atoms in total. The molecule has 1 rings (SSSR count). The number of rotatable bonds is 5. The molecule has 3 N–H and O–H groups in total. The SMILES string of the molecule is CC(=O)NC(CNc1ccc(C#N)cc1F)C(=O)O. The first-order valence-electron chi connectivity index (χ1n) is 5.37. The van der Waals surface area contributed by atoms with Crippen LogP contribution in [0.3, 0.4) is 0 Å². The summed E-state index contributed by atoms with van der Waals surface area (Å²) in [7, 11) is 0. The molecule has 100 valence electrons. The molecular formula is C12H12FN3O3. The summed E-state index contributed by atoms with van der Waals surface area (Å²) in [6.45, 7) is 1.02. The van der Waals surface area contributed by atoms with E-state index in [1.165, 1.54) is 19.1 Å². The highest BCUT2D eigenvalue weighted by Crippen LogP contribution is 2.15. The van der Waals surface area contributed by atoms with Crippen LogP contribution < -0.4 is 10.6 Å². The van der Waals surface area contributed by atoms with Crippen molar-refractivity contribution in [2.24, 2.45) is 0 Å². The number of anilines is 1. The predicted molar refractivity (Wildman–Crippen MR) is 64.8 cm³/mol. The fourth-order valence-corrected chi connectivity index (χ4v) is 1.39. The quantitative estimate of drug-likeness (QED) is 0.727. The second kappa shape index (κ2) is 6.35. The number of carboxylic acid groups (broad SMARTS) is 1. The van der Waals surface area contributed by atoms with Crippen LogP contribution in [-0.4, -0.2) is 29.6 Å². The minimum absolute atomic E-state index is 0.0654. The van der Waals surface area contributed by atoms with E-state index in [1.807, 2.05) is 0 Å². The van der Waals surface area contributed by atoms with E-state index in [9.17, 15) is 14.0 Å². The highest BCUT2D eigenvalue weighted by molar-refractivity contribution is 5.82. The summed E-state index contributed by atoms with van der Waals surface area (Å²) in [5.74, 6) is -2.38. The van der Waals surface area contributed by atoms with E-state index in [0.29, 0.717) is 0 Å². The van der Waals surface area contributed by atoms with Gasteiger partial charge in [-0.25, -0.2) is 9.18 Å². The maximum atomic E-state index is 13.5. The minimum Gasteiger partial charge on any atom is -0.480 e. The monoisotopic (exact) mass is 265 g/mol. The van der Waals surface area contributed by atoms with Crippen molar-refractivity contribution in [3.05, 3.63) is 29.6 Å². The van der Waals surface area contributed by atoms with E-state index in [0.717, 1.165) is 6.07 Å². The normalized spacial score (nSPS) is 11.2. The number of nitrogens with zero attached hydrogens (tertiary/aromatic N) is 1. The van der Waals surface area contributed by atoms with Crippen molar-refractivity contribution in [1.82, 2.24) is 5.32 Å². The first kappa shape index (κ1) is 14.4. The third-order valence-corrected chi connectivity index (χ3v) is 2.27. The minimum atomic E-state index is -1.23. The van der Waals surface area contributed by atoms with E-state index >= 15 is 0 Å². The Morgan fingerprint density at radius 1 is 1.53 bits per heavy atom. The van der Waals surface area contributed by atoms with Crippen LogP contribution in [0.1, 0.15) is 12.5 Å². The number of hydrogen-bond donors (Lipinski definition) is 3. The van der Waals surface area contributed by atoms with E-state index in [-0.39, 0.29) is 17.8 Å². The summed E-state index contributed by atoms with van der Waals surface area (Å²) >= 11 is 0. The number of nitrogens with one attached hydrogen (secondary N) is 2. The van der Waals surface area contributed by atoms with Gasteiger partial charge in [-0.3, -0.25) is 4.79 Å². The van der Waals surface area contributed by atoms with Crippen molar-refractivity contribution in [2.45, 2.75) is 13.0 Å². The lowest BCUT2D eigenvalue weighted by molar-refractivity contribution is -0.141.